The van der Waals surface area contributed by atoms with E-state index in [1.54, 1.807) is 48.5 Å². The van der Waals surface area contributed by atoms with Crippen LogP contribution in [0, 0.1) is 0 Å². The van der Waals surface area contributed by atoms with E-state index in [1.165, 1.54) is 76.0 Å². The summed E-state index contributed by atoms with van der Waals surface area (Å²) in [5.41, 5.74) is 2.54. The smallest absolute Gasteiger partial charge is 0.330 e. The normalized spacial score (nSPS) is 12.3. The Kier molecular flexibility index (Phi) is 13.7. The molecule has 0 aromatic heterocycles. The summed E-state index contributed by atoms with van der Waals surface area (Å²) in [7, 11) is 4.26. The molecular weight excluding hydrogens is 660 g/mol. The van der Waals surface area contributed by atoms with Crippen molar-refractivity contribution < 1.29 is 58.4 Å². The summed E-state index contributed by atoms with van der Waals surface area (Å²) in [6.45, 7) is -0.187. The molecule has 2 atom stereocenters. The maximum absolute atomic E-state index is 12.7. The molecule has 4 N–H and O–H groups in total. The predicted molar refractivity (Wildman–Crippen MR) is 188 cm³/mol. The van der Waals surface area contributed by atoms with Crippen LogP contribution >= 0.6 is 0 Å². The van der Waals surface area contributed by atoms with Crippen molar-refractivity contribution in [3.63, 3.8) is 0 Å². The van der Waals surface area contributed by atoms with Crippen LogP contribution in [0.15, 0.2) is 91.0 Å². The van der Waals surface area contributed by atoms with Crippen molar-refractivity contribution in [1.29, 1.82) is 0 Å². The topological polar surface area (TPSA) is 170 Å². The second kappa shape index (κ2) is 18.6. The van der Waals surface area contributed by atoms with E-state index >= 15 is 0 Å². The highest BCUT2D eigenvalue weighted by Crippen LogP contribution is 2.34. The standard InChI is InChI=1S/C39H40O12/c1-46-33-21-27(8-15-30(33)41)11-19-38(44)50-24-36(39(45)28-12-16-31(42)34(23-28)47-2)51-32-17-9-26(22-35(32)48-3)5-4-20-49-37(43)18-10-25-6-13-29(40)14-7-25/h6-19,21-23,36,39-42,45H,4-5,20,24H2,1-3H3. The van der Waals surface area contributed by atoms with Gasteiger partial charge >= 0.3 is 11.9 Å². The van der Waals surface area contributed by atoms with Gasteiger partial charge in [-0.15, -0.1) is 0 Å². The number of phenols is 3. The predicted octanol–water partition coefficient (Wildman–Crippen LogP) is 5.76. The number of rotatable bonds is 17. The van der Waals surface area contributed by atoms with Crippen LogP contribution in [0.5, 0.6) is 40.2 Å². The third kappa shape index (κ3) is 11.2. The van der Waals surface area contributed by atoms with E-state index < -0.39 is 24.1 Å². The quantitative estimate of drug-likeness (QED) is 0.0598. The number of benzene rings is 4. The maximum Gasteiger partial charge on any atom is 0.330 e. The summed E-state index contributed by atoms with van der Waals surface area (Å²) in [5.74, 6) is -0.233. The Morgan fingerprint density at radius 3 is 1.96 bits per heavy atom. The van der Waals surface area contributed by atoms with Gasteiger partial charge in [-0.3, -0.25) is 0 Å². The fraction of sp³-hybridized carbons (Fsp3) is 0.231. The zero-order chi connectivity index (χ0) is 36.8. The lowest BCUT2D eigenvalue weighted by molar-refractivity contribution is -0.142. The molecule has 51 heavy (non-hydrogen) atoms. The highest BCUT2D eigenvalue weighted by atomic mass is 16.6. The molecule has 12 nitrogen and oxygen atoms in total. The van der Waals surface area contributed by atoms with E-state index in [9.17, 15) is 30.0 Å². The summed E-state index contributed by atoms with van der Waals surface area (Å²) in [6, 6.07) is 20.5. The van der Waals surface area contributed by atoms with E-state index in [2.05, 4.69) is 0 Å². The van der Waals surface area contributed by atoms with Crippen LogP contribution in [0.2, 0.25) is 0 Å². The minimum absolute atomic E-state index is 0.0436. The second-order valence-corrected chi connectivity index (χ2v) is 11.1. The summed E-state index contributed by atoms with van der Waals surface area (Å²) in [5, 5.41) is 40.6. The van der Waals surface area contributed by atoms with E-state index in [4.69, 9.17) is 28.4 Å². The number of aromatic hydroxyl groups is 3. The number of methoxy groups -OCH3 is 3. The first kappa shape index (κ1) is 37.7. The van der Waals surface area contributed by atoms with Crippen molar-refractivity contribution in [3.8, 4) is 40.2 Å². The number of esters is 2. The third-order valence-corrected chi connectivity index (χ3v) is 7.57. The van der Waals surface area contributed by atoms with Gasteiger partial charge in [0.05, 0.1) is 27.9 Å². The van der Waals surface area contributed by atoms with E-state index in [0.717, 1.165) is 11.1 Å². The highest BCUT2D eigenvalue weighted by molar-refractivity contribution is 5.87. The molecule has 0 spiro atoms. The van der Waals surface area contributed by atoms with Crippen molar-refractivity contribution in [1.82, 2.24) is 0 Å². The average Bonchev–Trinajstić information content (AvgIpc) is 3.14. The Labute approximate surface area is 295 Å². The van der Waals surface area contributed by atoms with Crippen molar-refractivity contribution >= 4 is 24.1 Å². The first-order valence-corrected chi connectivity index (χ1v) is 15.8. The molecule has 268 valence electrons. The highest BCUT2D eigenvalue weighted by Gasteiger charge is 2.27. The van der Waals surface area contributed by atoms with Gasteiger partial charge < -0.3 is 48.8 Å². The summed E-state index contributed by atoms with van der Waals surface area (Å²) in [6.07, 6.45) is 4.23. The zero-order valence-corrected chi connectivity index (χ0v) is 28.4. The fourth-order valence-corrected chi connectivity index (χ4v) is 4.83. The molecule has 0 aliphatic carbocycles. The molecule has 0 amide bonds. The number of hydrogen-bond donors (Lipinski definition) is 4. The van der Waals surface area contributed by atoms with E-state index in [0.29, 0.717) is 29.7 Å². The Bertz CT molecular complexity index is 1830. The van der Waals surface area contributed by atoms with Gasteiger partial charge in [-0.05, 0) is 95.8 Å². The molecule has 4 aromatic carbocycles. The number of carbonyl (C=O) groups is 2. The Balaban J connectivity index is 1.41. The minimum Gasteiger partial charge on any atom is -0.508 e. The van der Waals surface area contributed by atoms with Gasteiger partial charge in [0.15, 0.2) is 40.6 Å². The summed E-state index contributed by atoms with van der Waals surface area (Å²) in [4.78, 5) is 24.8. The van der Waals surface area contributed by atoms with Gasteiger partial charge in [-0.2, -0.15) is 0 Å². The van der Waals surface area contributed by atoms with Gasteiger partial charge in [-0.1, -0.05) is 30.3 Å². The van der Waals surface area contributed by atoms with Crippen molar-refractivity contribution in [2.24, 2.45) is 0 Å². The molecule has 0 fully saturated rings. The number of aryl methyl sites for hydroxylation is 1. The van der Waals surface area contributed by atoms with E-state index in [1.807, 2.05) is 0 Å². The number of phenolic OH excluding ortho intramolecular Hbond substituents is 3. The molecule has 0 aliphatic rings. The maximum atomic E-state index is 12.7. The third-order valence-electron chi connectivity index (χ3n) is 7.57. The SMILES string of the molecule is COc1cc(C=CC(=O)OCC(Oc2ccc(CCCOC(=O)C=Cc3ccc(O)cc3)cc2OC)C(O)c2ccc(O)c(OC)c2)ccc1O. The molecule has 0 heterocycles. The summed E-state index contributed by atoms with van der Waals surface area (Å²) >= 11 is 0. The van der Waals surface area contributed by atoms with Crippen LogP contribution in [0.1, 0.15) is 34.8 Å². The number of hydrogen-bond acceptors (Lipinski definition) is 12. The Morgan fingerprint density at radius 1 is 0.667 bits per heavy atom. The molecule has 12 heteroatoms. The van der Waals surface area contributed by atoms with Crippen molar-refractivity contribution in [2.75, 3.05) is 34.5 Å². The first-order valence-electron chi connectivity index (χ1n) is 15.8. The average molecular weight is 701 g/mol. The minimum atomic E-state index is -1.33. The first-order chi connectivity index (χ1) is 24.6. The molecule has 4 aromatic rings. The lowest BCUT2D eigenvalue weighted by Gasteiger charge is -2.25. The molecule has 0 saturated carbocycles. The lowest BCUT2D eigenvalue weighted by atomic mass is 10.0. The van der Waals surface area contributed by atoms with Gasteiger partial charge in [0, 0.05) is 12.2 Å². The molecule has 0 saturated heterocycles. The number of aliphatic hydroxyl groups is 1. The van der Waals surface area contributed by atoms with Crippen LogP contribution in [0.25, 0.3) is 12.2 Å². The Morgan fingerprint density at radius 2 is 1.27 bits per heavy atom. The number of ether oxygens (including phenoxy) is 6. The number of carbonyl (C=O) groups excluding carboxylic acids is 2. The van der Waals surface area contributed by atoms with Crippen molar-refractivity contribution in [2.45, 2.75) is 25.0 Å². The zero-order valence-electron chi connectivity index (χ0n) is 28.4. The largest absolute Gasteiger partial charge is 0.508 e. The fourth-order valence-electron chi connectivity index (χ4n) is 4.83. The molecule has 4 rings (SSSR count). The van der Waals surface area contributed by atoms with Gasteiger partial charge in [0.2, 0.25) is 0 Å². The van der Waals surface area contributed by atoms with Crippen LogP contribution in [0.3, 0.4) is 0 Å². The van der Waals surface area contributed by atoms with E-state index in [-0.39, 0.29) is 47.7 Å². The van der Waals surface area contributed by atoms with Crippen LogP contribution in [0.4, 0.5) is 0 Å². The van der Waals surface area contributed by atoms with Gasteiger partial charge in [-0.25, -0.2) is 9.59 Å². The van der Waals surface area contributed by atoms with Crippen LogP contribution in [-0.4, -0.2) is 73.0 Å². The van der Waals surface area contributed by atoms with Gasteiger partial charge in [0.1, 0.15) is 18.5 Å². The lowest BCUT2D eigenvalue weighted by Crippen LogP contribution is -2.31. The monoisotopic (exact) mass is 700 g/mol. The number of aliphatic hydroxyl groups excluding tert-OH is 1. The summed E-state index contributed by atoms with van der Waals surface area (Å²) < 4.78 is 32.8. The molecular formula is C39H40O12. The van der Waals surface area contributed by atoms with Crippen LogP contribution < -0.4 is 18.9 Å². The molecule has 0 aliphatic heterocycles. The van der Waals surface area contributed by atoms with Crippen LogP contribution in [-0.2, 0) is 25.5 Å². The molecule has 0 radical (unpaired) electrons. The second-order valence-electron chi connectivity index (χ2n) is 11.1. The van der Waals surface area contributed by atoms with Gasteiger partial charge in [0.25, 0.3) is 0 Å². The Hall–Kier alpha value is -6.14. The van der Waals surface area contributed by atoms with Crippen molar-refractivity contribution in [3.05, 3.63) is 113 Å². The molecule has 2 unspecified atom stereocenters. The molecule has 0 bridgehead atoms.